The van der Waals surface area contributed by atoms with Gasteiger partial charge in [-0.3, -0.25) is 10.1 Å². The molecule has 3 rings (SSSR count). The number of aromatic nitrogens is 3. The molecule has 0 bridgehead atoms. The molecule has 1 aliphatic rings. The van der Waals surface area contributed by atoms with Crippen molar-refractivity contribution in [2.24, 2.45) is 16.6 Å². The van der Waals surface area contributed by atoms with E-state index in [4.69, 9.17) is 10.2 Å². The Morgan fingerprint density at radius 3 is 2.96 bits per heavy atom. The summed E-state index contributed by atoms with van der Waals surface area (Å²) in [5, 5.41) is 7.04. The lowest BCUT2D eigenvalue weighted by molar-refractivity contribution is 0.277. The molecule has 0 saturated carbocycles. The fourth-order valence-corrected chi connectivity index (χ4v) is 2.54. The number of hydrogen-bond acceptors (Lipinski definition) is 4. The molecule has 0 atom stereocenters. The van der Waals surface area contributed by atoms with Crippen LogP contribution in [0.2, 0.25) is 0 Å². The van der Waals surface area contributed by atoms with Crippen LogP contribution in [0.15, 0.2) is 27.8 Å². The van der Waals surface area contributed by atoms with Crippen LogP contribution in [-0.2, 0) is 6.42 Å². The van der Waals surface area contributed by atoms with Crippen LogP contribution < -0.4 is 5.73 Å². The SMILES string of the molecule is CC1CCN(C(N)=NCCc2nc(-c3ccco3)n[nH]2)CC1.I. The van der Waals surface area contributed by atoms with Gasteiger partial charge in [-0.2, -0.15) is 5.10 Å². The van der Waals surface area contributed by atoms with E-state index in [0.29, 0.717) is 30.5 Å². The zero-order valence-corrected chi connectivity index (χ0v) is 15.6. The summed E-state index contributed by atoms with van der Waals surface area (Å²) in [7, 11) is 0. The number of aromatic amines is 1. The molecule has 23 heavy (non-hydrogen) atoms. The van der Waals surface area contributed by atoms with Gasteiger partial charge in [0.1, 0.15) is 5.82 Å². The summed E-state index contributed by atoms with van der Waals surface area (Å²) >= 11 is 0. The van der Waals surface area contributed by atoms with Crippen molar-refractivity contribution in [2.75, 3.05) is 19.6 Å². The fourth-order valence-electron chi connectivity index (χ4n) is 2.54. The molecular formula is C15H23IN6O. The molecule has 3 N–H and O–H groups in total. The van der Waals surface area contributed by atoms with Gasteiger partial charge in [-0.15, -0.1) is 24.0 Å². The highest BCUT2D eigenvalue weighted by molar-refractivity contribution is 14.0. The van der Waals surface area contributed by atoms with Crippen molar-refractivity contribution in [3.05, 3.63) is 24.2 Å². The maximum atomic E-state index is 6.06. The predicted molar refractivity (Wildman–Crippen MR) is 99.7 cm³/mol. The number of nitrogens with one attached hydrogen (secondary N) is 1. The van der Waals surface area contributed by atoms with E-state index in [2.05, 4.69) is 32.0 Å². The number of furan rings is 1. The third kappa shape index (κ3) is 4.69. The van der Waals surface area contributed by atoms with Crippen molar-refractivity contribution >= 4 is 29.9 Å². The van der Waals surface area contributed by atoms with Crippen LogP contribution in [0.1, 0.15) is 25.6 Å². The Balaban J connectivity index is 0.00000192. The van der Waals surface area contributed by atoms with E-state index in [0.717, 1.165) is 24.8 Å². The molecule has 1 saturated heterocycles. The van der Waals surface area contributed by atoms with Crippen LogP contribution in [0.4, 0.5) is 0 Å². The molecule has 1 fully saturated rings. The van der Waals surface area contributed by atoms with Gasteiger partial charge in [-0.05, 0) is 30.9 Å². The van der Waals surface area contributed by atoms with Crippen LogP contribution >= 0.6 is 24.0 Å². The number of nitrogens with zero attached hydrogens (tertiary/aromatic N) is 4. The second-order valence-electron chi connectivity index (χ2n) is 5.74. The summed E-state index contributed by atoms with van der Waals surface area (Å²) in [5.74, 6) is 3.45. The van der Waals surface area contributed by atoms with E-state index in [9.17, 15) is 0 Å². The first-order valence-corrected chi connectivity index (χ1v) is 7.72. The summed E-state index contributed by atoms with van der Waals surface area (Å²) in [6, 6.07) is 3.65. The highest BCUT2D eigenvalue weighted by atomic mass is 127. The maximum Gasteiger partial charge on any atom is 0.216 e. The number of piperidine rings is 1. The van der Waals surface area contributed by atoms with Gasteiger partial charge in [0.05, 0.1) is 6.26 Å². The first-order chi connectivity index (χ1) is 10.7. The molecule has 8 heteroatoms. The summed E-state index contributed by atoms with van der Waals surface area (Å²) in [6.45, 7) is 4.89. The molecule has 0 unspecified atom stereocenters. The molecule has 3 heterocycles. The highest BCUT2D eigenvalue weighted by Gasteiger charge is 2.16. The van der Waals surface area contributed by atoms with E-state index >= 15 is 0 Å². The standard InChI is InChI=1S/C15H22N6O.HI/c1-11-5-8-21(9-6-11)15(16)17-7-4-13-18-14(20-19-13)12-3-2-10-22-12;/h2-3,10-11H,4-9H2,1H3,(H2,16,17)(H,18,19,20);1H. The van der Waals surface area contributed by atoms with Crippen LogP contribution in [0, 0.1) is 5.92 Å². The Labute approximate surface area is 152 Å². The summed E-state index contributed by atoms with van der Waals surface area (Å²) < 4.78 is 5.26. The lowest BCUT2D eigenvalue weighted by Crippen LogP contribution is -2.42. The van der Waals surface area contributed by atoms with Crippen LogP contribution in [-0.4, -0.2) is 45.7 Å². The summed E-state index contributed by atoms with van der Waals surface area (Å²) in [5.41, 5.74) is 6.06. The number of rotatable bonds is 4. The Kier molecular flexibility index (Phi) is 6.43. The highest BCUT2D eigenvalue weighted by Crippen LogP contribution is 2.16. The van der Waals surface area contributed by atoms with Crippen molar-refractivity contribution in [3.8, 4) is 11.6 Å². The third-order valence-corrected chi connectivity index (χ3v) is 4.00. The summed E-state index contributed by atoms with van der Waals surface area (Å²) in [6.07, 6.45) is 4.66. The van der Waals surface area contributed by atoms with Crippen molar-refractivity contribution in [1.82, 2.24) is 20.1 Å². The van der Waals surface area contributed by atoms with E-state index in [1.54, 1.807) is 6.26 Å². The van der Waals surface area contributed by atoms with Gasteiger partial charge in [-0.25, -0.2) is 4.98 Å². The lowest BCUT2D eigenvalue weighted by atomic mass is 10.00. The van der Waals surface area contributed by atoms with Gasteiger partial charge in [0.15, 0.2) is 11.7 Å². The second kappa shape index (κ2) is 8.32. The number of nitrogens with two attached hydrogens (primary N) is 1. The molecular weight excluding hydrogens is 407 g/mol. The number of guanidine groups is 1. The minimum Gasteiger partial charge on any atom is -0.461 e. The van der Waals surface area contributed by atoms with Gasteiger partial charge in [-0.1, -0.05) is 6.92 Å². The minimum atomic E-state index is 0. The van der Waals surface area contributed by atoms with Gasteiger partial charge < -0.3 is 15.1 Å². The van der Waals surface area contributed by atoms with Gasteiger partial charge in [0, 0.05) is 26.1 Å². The Morgan fingerprint density at radius 1 is 1.48 bits per heavy atom. The Hall–Kier alpha value is -1.58. The van der Waals surface area contributed by atoms with Crippen molar-refractivity contribution in [1.29, 1.82) is 0 Å². The number of hydrogen-bond donors (Lipinski definition) is 2. The second-order valence-corrected chi connectivity index (χ2v) is 5.74. The summed E-state index contributed by atoms with van der Waals surface area (Å²) in [4.78, 5) is 11.0. The van der Waals surface area contributed by atoms with Gasteiger partial charge in [0.2, 0.25) is 5.82 Å². The molecule has 0 radical (unpaired) electrons. The Bertz CT molecular complexity index is 616. The predicted octanol–water partition coefficient (Wildman–Crippen LogP) is 2.27. The molecule has 0 aromatic carbocycles. The van der Waals surface area contributed by atoms with Crippen LogP contribution in [0.3, 0.4) is 0 Å². The zero-order valence-electron chi connectivity index (χ0n) is 13.2. The number of halogens is 1. The van der Waals surface area contributed by atoms with Crippen molar-refractivity contribution < 1.29 is 4.42 Å². The van der Waals surface area contributed by atoms with Crippen LogP contribution in [0.25, 0.3) is 11.6 Å². The maximum absolute atomic E-state index is 6.06. The smallest absolute Gasteiger partial charge is 0.216 e. The molecule has 2 aromatic rings. The van der Waals surface area contributed by atoms with E-state index in [1.807, 2.05) is 12.1 Å². The molecule has 0 amide bonds. The van der Waals surface area contributed by atoms with E-state index < -0.39 is 0 Å². The van der Waals surface area contributed by atoms with Crippen molar-refractivity contribution in [3.63, 3.8) is 0 Å². The van der Waals surface area contributed by atoms with E-state index in [-0.39, 0.29) is 24.0 Å². The van der Waals surface area contributed by atoms with E-state index in [1.165, 1.54) is 12.8 Å². The van der Waals surface area contributed by atoms with Gasteiger partial charge in [0.25, 0.3) is 0 Å². The fraction of sp³-hybridized carbons (Fsp3) is 0.533. The quantitative estimate of drug-likeness (QED) is 0.441. The monoisotopic (exact) mass is 430 g/mol. The normalized spacial score (nSPS) is 16.4. The molecule has 0 spiro atoms. The third-order valence-electron chi connectivity index (χ3n) is 4.00. The molecule has 0 aliphatic carbocycles. The zero-order chi connectivity index (χ0) is 15.4. The molecule has 2 aromatic heterocycles. The largest absolute Gasteiger partial charge is 0.461 e. The first kappa shape index (κ1) is 17.8. The molecule has 1 aliphatic heterocycles. The minimum absolute atomic E-state index is 0. The topological polar surface area (TPSA) is 96.3 Å². The Morgan fingerprint density at radius 2 is 2.26 bits per heavy atom. The molecule has 126 valence electrons. The van der Waals surface area contributed by atoms with Gasteiger partial charge >= 0.3 is 0 Å². The lowest BCUT2D eigenvalue weighted by Gasteiger charge is -2.30. The number of likely N-dealkylation sites (tertiary alicyclic amines) is 1. The molecule has 7 nitrogen and oxygen atoms in total. The first-order valence-electron chi connectivity index (χ1n) is 7.72. The number of H-pyrrole nitrogens is 1. The number of aliphatic imine (C=N–C) groups is 1. The average Bonchev–Trinajstić information content (AvgIpc) is 3.19. The van der Waals surface area contributed by atoms with Crippen LogP contribution in [0.5, 0.6) is 0 Å². The average molecular weight is 430 g/mol. The van der Waals surface area contributed by atoms with Crippen molar-refractivity contribution in [2.45, 2.75) is 26.2 Å².